The van der Waals surface area contributed by atoms with Crippen LogP contribution >= 0.6 is 0 Å². The molecule has 0 unspecified atom stereocenters. The molecule has 0 aliphatic carbocycles. The summed E-state index contributed by atoms with van der Waals surface area (Å²) in [5, 5.41) is 0. The number of para-hydroxylation sites is 1. The van der Waals surface area contributed by atoms with Crippen LogP contribution in [0.5, 0.6) is 5.75 Å². The van der Waals surface area contributed by atoms with Gasteiger partial charge in [0, 0.05) is 12.4 Å². The van der Waals surface area contributed by atoms with Crippen LogP contribution in [0.2, 0.25) is 0 Å². The molecule has 0 aliphatic rings. The van der Waals surface area contributed by atoms with Crippen molar-refractivity contribution in [2.24, 2.45) is 0 Å². The first-order valence-corrected chi connectivity index (χ1v) is 5.57. The first-order chi connectivity index (χ1) is 7.77. The summed E-state index contributed by atoms with van der Waals surface area (Å²) in [6, 6.07) is 10.3. The summed E-state index contributed by atoms with van der Waals surface area (Å²) in [6.07, 6.45) is 4.10. The van der Waals surface area contributed by atoms with Gasteiger partial charge in [-0.25, -0.2) is 0 Å². The Kier molecular flexibility index (Phi) is 3.30. The molecule has 0 atom stereocenters. The third-order valence-corrected chi connectivity index (χ3v) is 2.67. The molecular formula is C14H17NO. The topological polar surface area (TPSA) is 14.2 Å². The number of ether oxygens (including phenoxy) is 1. The average Bonchev–Trinajstić information content (AvgIpc) is 2.75. The van der Waals surface area contributed by atoms with E-state index >= 15 is 0 Å². The molecule has 0 fully saturated rings. The summed E-state index contributed by atoms with van der Waals surface area (Å²) in [5.74, 6) is 1.02. The van der Waals surface area contributed by atoms with Gasteiger partial charge in [-0.05, 0) is 37.1 Å². The van der Waals surface area contributed by atoms with Crippen molar-refractivity contribution < 1.29 is 4.74 Å². The van der Waals surface area contributed by atoms with Gasteiger partial charge in [0.1, 0.15) is 12.4 Å². The summed E-state index contributed by atoms with van der Waals surface area (Å²) in [5.41, 5.74) is 2.40. The van der Waals surface area contributed by atoms with Crippen LogP contribution < -0.4 is 4.74 Å². The third kappa shape index (κ3) is 2.45. The van der Waals surface area contributed by atoms with E-state index in [-0.39, 0.29) is 0 Å². The Morgan fingerprint density at radius 1 is 1.00 bits per heavy atom. The zero-order valence-corrected chi connectivity index (χ0v) is 9.81. The quantitative estimate of drug-likeness (QED) is 0.764. The highest BCUT2D eigenvalue weighted by Crippen LogP contribution is 2.22. The highest BCUT2D eigenvalue weighted by Gasteiger charge is 2.02. The summed E-state index contributed by atoms with van der Waals surface area (Å²) < 4.78 is 7.94. The molecule has 0 aliphatic heterocycles. The number of aromatic nitrogens is 1. The fourth-order valence-corrected chi connectivity index (χ4v) is 1.80. The highest BCUT2D eigenvalue weighted by atomic mass is 16.5. The predicted octanol–water partition coefficient (Wildman–Crippen LogP) is 3.18. The molecule has 2 aromatic rings. The molecular weight excluding hydrogens is 198 g/mol. The number of benzene rings is 1. The Morgan fingerprint density at radius 2 is 1.62 bits per heavy atom. The summed E-state index contributed by atoms with van der Waals surface area (Å²) in [4.78, 5) is 0. The standard InChI is InChI=1S/C14H17NO/c1-12-6-5-7-13(2)14(12)16-11-10-15-8-3-4-9-15/h3-9H,10-11H2,1-2H3. The maximum Gasteiger partial charge on any atom is 0.125 e. The average molecular weight is 215 g/mol. The van der Waals surface area contributed by atoms with E-state index in [1.807, 2.05) is 24.5 Å². The second-order valence-corrected chi connectivity index (χ2v) is 3.99. The van der Waals surface area contributed by atoms with Gasteiger partial charge in [0.25, 0.3) is 0 Å². The van der Waals surface area contributed by atoms with E-state index in [9.17, 15) is 0 Å². The van der Waals surface area contributed by atoms with Crippen LogP contribution in [0.4, 0.5) is 0 Å². The van der Waals surface area contributed by atoms with E-state index in [0.717, 1.165) is 12.3 Å². The molecule has 1 heterocycles. The number of hydrogen-bond acceptors (Lipinski definition) is 1. The lowest BCUT2D eigenvalue weighted by Gasteiger charge is -2.12. The van der Waals surface area contributed by atoms with E-state index < -0.39 is 0 Å². The maximum absolute atomic E-state index is 5.82. The smallest absolute Gasteiger partial charge is 0.125 e. The Balaban J connectivity index is 1.95. The Morgan fingerprint density at radius 3 is 2.25 bits per heavy atom. The van der Waals surface area contributed by atoms with Gasteiger partial charge in [-0.15, -0.1) is 0 Å². The fourth-order valence-electron chi connectivity index (χ4n) is 1.80. The molecule has 2 heteroatoms. The molecule has 0 N–H and O–H groups in total. The minimum Gasteiger partial charge on any atom is -0.491 e. The van der Waals surface area contributed by atoms with E-state index in [4.69, 9.17) is 4.74 Å². The van der Waals surface area contributed by atoms with Gasteiger partial charge in [0.05, 0.1) is 6.54 Å². The molecule has 2 rings (SSSR count). The second-order valence-electron chi connectivity index (χ2n) is 3.99. The van der Waals surface area contributed by atoms with Crippen molar-refractivity contribution in [1.29, 1.82) is 0 Å². The molecule has 2 nitrogen and oxygen atoms in total. The minimum atomic E-state index is 0.709. The molecule has 0 saturated heterocycles. The largest absolute Gasteiger partial charge is 0.491 e. The van der Waals surface area contributed by atoms with Crippen molar-refractivity contribution in [3.8, 4) is 5.75 Å². The molecule has 0 saturated carbocycles. The van der Waals surface area contributed by atoms with Crippen molar-refractivity contribution in [2.75, 3.05) is 6.61 Å². The number of aryl methyl sites for hydroxylation is 2. The van der Waals surface area contributed by atoms with E-state index in [2.05, 4.69) is 36.6 Å². The minimum absolute atomic E-state index is 0.709. The maximum atomic E-state index is 5.82. The lowest BCUT2D eigenvalue weighted by Crippen LogP contribution is -2.07. The first kappa shape index (κ1) is 10.8. The zero-order chi connectivity index (χ0) is 11.4. The lowest BCUT2D eigenvalue weighted by atomic mass is 10.1. The lowest BCUT2D eigenvalue weighted by molar-refractivity contribution is 0.295. The predicted molar refractivity (Wildman–Crippen MR) is 65.8 cm³/mol. The Bertz CT molecular complexity index is 426. The molecule has 1 aromatic heterocycles. The Labute approximate surface area is 96.5 Å². The van der Waals surface area contributed by atoms with Crippen LogP contribution in [-0.4, -0.2) is 11.2 Å². The summed E-state index contributed by atoms with van der Waals surface area (Å²) in [6.45, 7) is 5.76. The van der Waals surface area contributed by atoms with Crippen molar-refractivity contribution in [3.05, 3.63) is 53.9 Å². The van der Waals surface area contributed by atoms with Gasteiger partial charge in [-0.1, -0.05) is 18.2 Å². The van der Waals surface area contributed by atoms with E-state index in [1.54, 1.807) is 0 Å². The molecule has 84 valence electrons. The van der Waals surface area contributed by atoms with Crippen molar-refractivity contribution in [1.82, 2.24) is 4.57 Å². The van der Waals surface area contributed by atoms with Crippen LogP contribution in [-0.2, 0) is 6.54 Å². The van der Waals surface area contributed by atoms with Gasteiger partial charge < -0.3 is 9.30 Å². The van der Waals surface area contributed by atoms with Crippen LogP contribution in [0.15, 0.2) is 42.7 Å². The molecule has 1 aromatic carbocycles. The summed E-state index contributed by atoms with van der Waals surface area (Å²) >= 11 is 0. The highest BCUT2D eigenvalue weighted by molar-refractivity contribution is 5.39. The third-order valence-electron chi connectivity index (χ3n) is 2.67. The van der Waals surface area contributed by atoms with Crippen LogP contribution in [0.3, 0.4) is 0 Å². The number of rotatable bonds is 4. The fraction of sp³-hybridized carbons (Fsp3) is 0.286. The van der Waals surface area contributed by atoms with E-state index in [1.165, 1.54) is 11.1 Å². The van der Waals surface area contributed by atoms with Crippen LogP contribution in [0.1, 0.15) is 11.1 Å². The second kappa shape index (κ2) is 4.88. The monoisotopic (exact) mass is 215 g/mol. The molecule has 0 amide bonds. The van der Waals surface area contributed by atoms with Crippen molar-refractivity contribution in [3.63, 3.8) is 0 Å². The summed E-state index contributed by atoms with van der Waals surface area (Å²) in [7, 11) is 0. The molecule has 16 heavy (non-hydrogen) atoms. The molecule has 0 spiro atoms. The van der Waals surface area contributed by atoms with Crippen LogP contribution in [0.25, 0.3) is 0 Å². The molecule has 0 radical (unpaired) electrons. The first-order valence-electron chi connectivity index (χ1n) is 5.57. The zero-order valence-electron chi connectivity index (χ0n) is 9.81. The van der Waals surface area contributed by atoms with Gasteiger partial charge in [0.15, 0.2) is 0 Å². The Hall–Kier alpha value is -1.70. The molecule has 0 bridgehead atoms. The SMILES string of the molecule is Cc1cccc(C)c1OCCn1cccc1. The van der Waals surface area contributed by atoms with Gasteiger partial charge in [-0.3, -0.25) is 0 Å². The van der Waals surface area contributed by atoms with E-state index in [0.29, 0.717) is 6.61 Å². The normalized spacial score (nSPS) is 10.4. The number of nitrogens with zero attached hydrogens (tertiary/aromatic N) is 1. The van der Waals surface area contributed by atoms with Crippen molar-refractivity contribution in [2.45, 2.75) is 20.4 Å². The van der Waals surface area contributed by atoms with Crippen LogP contribution in [0, 0.1) is 13.8 Å². The van der Waals surface area contributed by atoms with Gasteiger partial charge >= 0.3 is 0 Å². The van der Waals surface area contributed by atoms with Gasteiger partial charge in [0.2, 0.25) is 0 Å². The van der Waals surface area contributed by atoms with Gasteiger partial charge in [-0.2, -0.15) is 0 Å². The van der Waals surface area contributed by atoms with Crippen molar-refractivity contribution >= 4 is 0 Å². The number of hydrogen-bond donors (Lipinski definition) is 0.